The van der Waals surface area contributed by atoms with Crippen LogP contribution in [0.3, 0.4) is 0 Å². The number of rotatable bonds is 7. The molecule has 0 spiro atoms. The van der Waals surface area contributed by atoms with Gasteiger partial charge in [0.2, 0.25) is 0 Å². The lowest BCUT2D eigenvalue weighted by Crippen LogP contribution is -2.36. The zero-order valence-corrected chi connectivity index (χ0v) is 28.6. The molecular formula is C45H35N3O2S. The topological polar surface area (TPSA) is 72.8 Å². The molecule has 5 aromatic carbocycles. The van der Waals surface area contributed by atoms with E-state index in [9.17, 15) is 0 Å². The summed E-state index contributed by atoms with van der Waals surface area (Å²) in [5.74, 6) is 1.68. The van der Waals surface area contributed by atoms with Crippen LogP contribution >= 0.6 is 11.3 Å². The van der Waals surface area contributed by atoms with Crippen LogP contribution in [0.5, 0.6) is 5.75 Å². The Balaban J connectivity index is 0.942. The largest absolute Gasteiger partial charge is 0.485 e. The molecule has 3 aliphatic rings. The van der Waals surface area contributed by atoms with E-state index in [0.717, 1.165) is 45.2 Å². The van der Waals surface area contributed by atoms with Crippen molar-refractivity contribution in [3.05, 3.63) is 162 Å². The van der Waals surface area contributed by atoms with E-state index in [-0.39, 0.29) is 24.1 Å². The number of nitrogens with two attached hydrogens (primary N) is 1. The molecule has 2 aliphatic carbocycles. The third kappa shape index (κ3) is 5.30. The lowest BCUT2D eigenvalue weighted by Gasteiger charge is -2.25. The number of furan rings is 1. The van der Waals surface area contributed by atoms with Gasteiger partial charge in [-0.1, -0.05) is 109 Å². The maximum atomic E-state index is 6.86. The molecule has 0 bridgehead atoms. The number of nitrogens with zero attached hydrogens (tertiary/aromatic N) is 1. The highest BCUT2D eigenvalue weighted by atomic mass is 32.1. The molecule has 6 heteroatoms. The van der Waals surface area contributed by atoms with Gasteiger partial charge in [-0.2, -0.15) is 0 Å². The van der Waals surface area contributed by atoms with Crippen LogP contribution < -0.4 is 15.8 Å². The van der Waals surface area contributed by atoms with E-state index < -0.39 is 0 Å². The number of benzene rings is 5. The van der Waals surface area contributed by atoms with Crippen LogP contribution in [-0.4, -0.2) is 18.1 Å². The number of thiophene rings is 1. The second-order valence-corrected chi connectivity index (χ2v) is 14.7. The first-order valence-electron chi connectivity index (χ1n) is 17.6. The zero-order valence-electron chi connectivity index (χ0n) is 27.8. The highest BCUT2D eigenvalue weighted by molar-refractivity contribution is 7.26. The summed E-state index contributed by atoms with van der Waals surface area (Å²) in [6.45, 7) is 0.638. The molecule has 248 valence electrons. The maximum absolute atomic E-state index is 6.86. The fourth-order valence-corrected chi connectivity index (χ4v) is 9.11. The summed E-state index contributed by atoms with van der Waals surface area (Å²) in [6, 6.07) is 36.5. The smallest absolute Gasteiger partial charge is 0.135 e. The van der Waals surface area contributed by atoms with Gasteiger partial charge in [0, 0.05) is 60.5 Å². The van der Waals surface area contributed by atoms with Gasteiger partial charge in [-0.05, 0) is 59.5 Å². The number of ether oxygens (including phenoxy) is 1. The molecule has 7 aromatic rings. The third-order valence-corrected chi connectivity index (χ3v) is 11.7. The van der Waals surface area contributed by atoms with Crippen molar-refractivity contribution < 1.29 is 9.15 Å². The molecule has 4 atom stereocenters. The molecule has 0 saturated carbocycles. The van der Waals surface area contributed by atoms with Gasteiger partial charge in [0.15, 0.2) is 0 Å². The van der Waals surface area contributed by atoms with E-state index in [4.69, 9.17) is 19.9 Å². The Hall–Kier alpha value is -5.69. The van der Waals surface area contributed by atoms with Gasteiger partial charge in [0.05, 0.1) is 0 Å². The van der Waals surface area contributed by atoms with Crippen LogP contribution in [0.25, 0.3) is 53.2 Å². The Kier molecular flexibility index (Phi) is 7.26. The van der Waals surface area contributed by atoms with E-state index in [0.29, 0.717) is 12.4 Å². The number of fused-ring (bicyclic) bond motifs is 9. The van der Waals surface area contributed by atoms with E-state index >= 15 is 0 Å². The van der Waals surface area contributed by atoms with Crippen LogP contribution in [0, 0.1) is 5.92 Å². The average Bonchev–Trinajstić information content (AvgIpc) is 3.87. The van der Waals surface area contributed by atoms with Crippen molar-refractivity contribution in [3.63, 3.8) is 0 Å². The summed E-state index contributed by atoms with van der Waals surface area (Å²) < 4.78 is 15.2. The molecule has 51 heavy (non-hydrogen) atoms. The number of hydrogen-bond donors (Lipinski definition) is 2. The van der Waals surface area contributed by atoms with Crippen molar-refractivity contribution in [1.29, 1.82) is 0 Å². The SMILES string of the molecule is NC(=NC(NCc1ccc2c(c1)oc1ccccc12)C1C=CC=CC1)C1=CC2c3cc(-c4cccc5c4sc4ccccc45)ccc3OC2C=C1. The number of hydrogen-bond acceptors (Lipinski definition) is 5. The molecule has 0 radical (unpaired) electrons. The van der Waals surface area contributed by atoms with Gasteiger partial charge in [0.25, 0.3) is 0 Å². The van der Waals surface area contributed by atoms with Crippen molar-refractivity contribution >= 4 is 59.3 Å². The minimum atomic E-state index is -0.204. The average molecular weight is 682 g/mol. The van der Waals surface area contributed by atoms with Crippen molar-refractivity contribution in [2.75, 3.05) is 0 Å². The molecule has 10 rings (SSSR count). The predicted octanol–water partition coefficient (Wildman–Crippen LogP) is 10.6. The van der Waals surface area contributed by atoms with E-state index in [1.165, 1.54) is 36.9 Å². The number of nitrogens with one attached hydrogen (secondary N) is 1. The minimum absolute atomic E-state index is 0.0507. The Morgan fingerprint density at radius 1 is 0.843 bits per heavy atom. The fraction of sp³-hybridized carbons (Fsp3) is 0.133. The van der Waals surface area contributed by atoms with E-state index in [1.54, 1.807) is 0 Å². The molecule has 0 fully saturated rings. The summed E-state index contributed by atoms with van der Waals surface area (Å²) in [7, 11) is 0. The van der Waals surface area contributed by atoms with Gasteiger partial charge < -0.3 is 14.9 Å². The zero-order chi connectivity index (χ0) is 33.9. The summed E-state index contributed by atoms with van der Waals surface area (Å²) in [5, 5.41) is 8.59. The minimum Gasteiger partial charge on any atom is -0.485 e. The quantitative estimate of drug-likeness (QED) is 0.130. The standard InChI is InChI=1S/C45H35N3O2S/c46-44(48-45(28-9-2-1-3-10-28)47-26-27-17-20-33-32-11-4-6-15-38(32)50-41(33)23-27)30-19-22-40-37(25-30)36-24-29(18-21-39(36)49-40)31-13-8-14-35-34-12-5-7-16-42(34)51-43(31)35/h1-9,11-25,28,37,40,45,47H,10,26H2,(H2,46,48). The normalized spacial score (nSPS) is 20.2. The first-order chi connectivity index (χ1) is 25.2. The van der Waals surface area contributed by atoms with Crippen molar-refractivity contribution in [1.82, 2.24) is 5.32 Å². The Morgan fingerprint density at radius 3 is 2.63 bits per heavy atom. The lowest BCUT2D eigenvalue weighted by atomic mass is 9.87. The monoisotopic (exact) mass is 681 g/mol. The highest BCUT2D eigenvalue weighted by Crippen LogP contribution is 2.46. The first-order valence-corrected chi connectivity index (χ1v) is 18.4. The van der Waals surface area contributed by atoms with Crippen LogP contribution in [0.4, 0.5) is 0 Å². The Morgan fingerprint density at radius 2 is 1.71 bits per heavy atom. The number of aliphatic imine (C=N–C) groups is 1. The van der Waals surface area contributed by atoms with Crippen molar-refractivity contribution in [3.8, 4) is 16.9 Å². The van der Waals surface area contributed by atoms with Gasteiger partial charge >= 0.3 is 0 Å². The van der Waals surface area contributed by atoms with Crippen molar-refractivity contribution in [2.24, 2.45) is 16.6 Å². The molecule has 3 N–H and O–H groups in total. The molecule has 3 heterocycles. The highest BCUT2D eigenvalue weighted by Gasteiger charge is 2.34. The molecule has 0 saturated heterocycles. The maximum Gasteiger partial charge on any atom is 0.135 e. The molecule has 4 unspecified atom stereocenters. The van der Waals surface area contributed by atoms with Gasteiger partial charge in [0.1, 0.15) is 35.0 Å². The van der Waals surface area contributed by atoms with E-state index in [2.05, 4.69) is 133 Å². The molecule has 5 nitrogen and oxygen atoms in total. The molecule has 1 aliphatic heterocycles. The van der Waals surface area contributed by atoms with Crippen LogP contribution in [0.2, 0.25) is 0 Å². The van der Waals surface area contributed by atoms with Gasteiger partial charge in [-0.25, -0.2) is 4.99 Å². The van der Waals surface area contributed by atoms with Crippen LogP contribution in [0.1, 0.15) is 23.5 Å². The van der Waals surface area contributed by atoms with Gasteiger partial charge in [-0.15, -0.1) is 11.3 Å². The fourth-order valence-electron chi connectivity index (χ4n) is 7.87. The lowest BCUT2D eigenvalue weighted by molar-refractivity contribution is 0.268. The second-order valence-electron chi connectivity index (χ2n) is 13.6. The summed E-state index contributed by atoms with van der Waals surface area (Å²) in [5.41, 5.74) is 14.4. The molecular weight excluding hydrogens is 647 g/mol. The second kappa shape index (κ2) is 12.3. The van der Waals surface area contributed by atoms with E-state index in [1.807, 2.05) is 29.5 Å². The first kappa shape index (κ1) is 30.2. The van der Waals surface area contributed by atoms with Crippen LogP contribution in [0.15, 0.2) is 161 Å². The van der Waals surface area contributed by atoms with Crippen LogP contribution in [-0.2, 0) is 6.54 Å². The Labute approximate surface area is 299 Å². The molecule has 0 amide bonds. The summed E-state index contributed by atoms with van der Waals surface area (Å²) in [4.78, 5) is 5.14. The number of allylic oxidation sites excluding steroid dienone is 3. The van der Waals surface area contributed by atoms with Crippen molar-refractivity contribution in [2.45, 2.75) is 31.2 Å². The number of para-hydroxylation sites is 1. The summed E-state index contributed by atoms with van der Waals surface area (Å²) in [6.07, 6.45) is 15.7. The third-order valence-electron chi connectivity index (χ3n) is 10.5. The summed E-state index contributed by atoms with van der Waals surface area (Å²) >= 11 is 1.86. The Bertz CT molecular complexity index is 2660. The molecule has 2 aromatic heterocycles. The van der Waals surface area contributed by atoms with Gasteiger partial charge in [-0.3, -0.25) is 5.32 Å². The number of amidine groups is 1. The predicted molar refractivity (Wildman–Crippen MR) is 212 cm³/mol.